The van der Waals surface area contributed by atoms with Crippen molar-refractivity contribution in [1.29, 1.82) is 0 Å². The Labute approximate surface area is 128 Å². The highest BCUT2D eigenvalue weighted by Gasteiger charge is 2.17. The van der Waals surface area contributed by atoms with Crippen LogP contribution in [-0.2, 0) is 13.1 Å². The van der Waals surface area contributed by atoms with Crippen LogP contribution >= 0.6 is 11.6 Å². The summed E-state index contributed by atoms with van der Waals surface area (Å²) in [5.74, 6) is -0.487. The maximum atomic E-state index is 13.2. The molecule has 2 aromatic carbocycles. The maximum Gasteiger partial charge on any atom is 0.488 e. The van der Waals surface area contributed by atoms with Gasteiger partial charge < -0.3 is 10.0 Å². The SMILES string of the molecule is CN(Cc1cccc(Cl)c1)Cc1ccc(F)cc1B(O)O. The molecule has 0 aromatic heterocycles. The molecule has 2 rings (SSSR count). The second-order valence-electron chi connectivity index (χ2n) is 5.02. The number of hydrogen-bond donors (Lipinski definition) is 2. The van der Waals surface area contributed by atoms with Crippen molar-refractivity contribution in [2.75, 3.05) is 7.05 Å². The van der Waals surface area contributed by atoms with Gasteiger partial charge in [-0.3, -0.25) is 4.90 Å². The molecule has 0 unspecified atom stereocenters. The van der Waals surface area contributed by atoms with E-state index in [9.17, 15) is 14.4 Å². The van der Waals surface area contributed by atoms with E-state index >= 15 is 0 Å². The number of rotatable bonds is 5. The van der Waals surface area contributed by atoms with Crippen LogP contribution < -0.4 is 5.46 Å². The second-order valence-corrected chi connectivity index (χ2v) is 5.46. The summed E-state index contributed by atoms with van der Waals surface area (Å²) in [5.41, 5.74) is 1.92. The van der Waals surface area contributed by atoms with E-state index < -0.39 is 12.9 Å². The minimum Gasteiger partial charge on any atom is -0.423 e. The van der Waals surface area contributed by atoms with E-state index in [0.717, 1.165) is 11.6 Å². The highest BCUT2D eigenvalue weighted by molar-refractivity contribution is 6.59. The summed E-state index contributed by atoms with van der Waals surface area (Å²) in [6, 6.07) is 11.6. The first kappa shape index (κ1) is 16.0. The lowest BCUT2D eigenvalue weighted by Gasteiger charge is -2.19. The lowest BCUT2D eigenvalue weighted by molar-refractivity contribution is 0.319. The highest BCUT2D eigenvalue weighted by Crippen LogP contribution is 2.13. The zero-order chi connectivity index (χ0) is 15.4. The van der Waals surface area contributed by atoms with Gasteiger partial charge in [-0.2, -0.15) is 0 Å². The van der Waals surface area contributed by atoms with Crippen LogP contribution in [-0.4, -0.2) is 29.1 Å². The highest BCUT2D eigenvalue weighted by atomic mass is 35.5. The van der Waals surface area contributed by atoms with Crippen molar-refractivity contribution in [2.24, 2.45) is 0 Å². The van der Waals surface area contributed by atoms with Gasteiger partial charge in [0.25, 0.3) is 0 Å². The van der Waals surface area contributed by atoms with Crippen LogP contribution in [0.15, 0.2) is 42.5 Å². The first-order valence-electron chi connectivity index (χ1n) is 6.53. The van der Waals surface area contributed by atoms with Crippen LogP contribution in [0.25, 0.3) is 0 Å². The fraction of sp³-hybridized carbons (Fsp3) is 0.200. The summed E-state index contributed by atoms with van der Waals surface area (Å²) < 4.78 is 13.2. The molecule has 110 valence electrons. The van der Waals surface area contributed by atoms with E-state index in [2.05, 4.69) is 0 Å². The largest absolute Gasteiger partial charge is 0.488 e. The van der Waals surface area contributed by atoms with Crippen molar-refractivity contribution in [1.82, 2.24) is 4.90 Å². The lowest BCUT2D eigenvalue weighted by Crippen LogP contribution is -2.35. The van der Waals surface area contributed by atoms with Crippen molar-refractivity contribution in [3.8, 4) is 0 Å². The van der Waals surface area contributed by atoms with E-state index in [0.29, 0.717) is 23.7 Å². The molecule has 0 aliphatic carbocycles. The summed E-state index contributed by atoms with van der Waals surface area (Å²) in [4.78, 5) is 1.99. The van der Waals surface area contributed by atoms with E-state index in [-0.39, 0.29) is 5.46 Å². The van der Waals surface area contributed by atoms with Crippen molar-refractivity contribution < 1.29 is 14.4 Å². The molecule has 6 heteroatoms. The number of halogens is 2. The zero-order valence-corrected chi connectivity index (χ0v) is 12.4. The molecule has 0 amide bonds. The van der Waals surface area contributed by atoms with Gasteiger partial charge in [0, 0.05) is 18.1 Å². The average Bonchev–Trinajstić information content (AvgIpc) is 2.40. The van der Waals surface area contributed by atoms with E-state index in [1.807, 2.05) is 36.2 Å². The molecule has 0 spiro atoms. The topological polar surface area (TPSA) is 43.7 Å². The van der Waals surface area contributed by atoms with Crippen LogP contribution in [0.2, 0.25) is 5.02 Å². The van der Waals surface area contributed by atoms with Crippen molar-refractivity contribution in [2.45, 2.75) is 13.1 Å². The molecule has 0 fully saturated rings. The predicted octanol–water partition coefficient (Wildman–Crippen LogP) is 1.79. The number of nitrogens with zero attached hydrogens (tertiary/aromatic N) is 1. The van der Waals surface area contributed by atoms with Gasteiger partial charge in [-0.15, -0.1) is 0 Å². The van der Waals surface area contributed by atoms with Gasteiger partial charge in [0.05, 0.1) is 0 Å². The third kappa shape index (κ3) is 4.54. The Kier molecular flexibility index (Phi) is 5.36. The van der Waals surface area contributed by atoms with Crippen molar-refractivity contribution >= 4 is 24.2 Å². The molecule has 0 aliphatic heterocycles. The average molecular weight is 308 g/mol. The molecular formula is C15H16BClFNO2. The van der Waals surface area contributed by atoms with Gasteiger partial charge in [0.2, 0.25) is 0 Å². The zero-order valence-electron chi connectivity index (χ0n) is 11.6. The second kappa shape index (κ2) is 7.05. The fourth-order valence-corrected chi connectivity index (χ4v) is 2.46. The maximum absolute atomic E-state index is 13.2. The van der Waals surface area contributed by atoms with Crippen molar-refractivity contribution in [3.63, 3.8) is 0 Å². The van der Waals surface area contributed by atoms with Gasteiger partial charge in [-0.1, -0.05) is 29.8 Å². The van der Waals surface area contributed by atoms with Gasteiger partial charge in [-0.25, -0.2) is 4.39 Å². The Morgan fingerprint density at radius 1 is 1.14 bits per heavy atom. The fourth-order valence-electron chi connectivity index (χ4n) is 2.24. The van der Waals surface area contributed by atoms with Crippen LogP contribution in [0.3, 0.4) is 0 Å². The molecule has 3 nitrogen and oxygen atoms in total. The smallest absolute Gasteiger partial charge is 0.423 e. The predicted molar refractivity (Wildman–Crippen MR) is 82.8 cm³/mol. The summed E-state index contributed by atoms with van der Waals surface area (Å²) in [6.07, 6.45) is 0. The summed E-state index contributed by atoms with van der Waals surface area (Å²) >= 11 is 5.95. The van der Waals surface area contributed by atoms with Gasteiger partial charge in [-0.05, 0) is 47.9 Å². The van der Waals surface area contributed by atoms with Crippen LogP contribution in [0.4, 0.5) is 4.39 Å². The Balaban J connectivity index is 2.11. The third-order valence-corrected chi connectivity index (χ3v) is 3.40. The molecule has 2 N–H and O–H groups in total. The molecule has 0 atom stereocenters. The molecule has 21 heavy (non-hydrogen) atoms. The molecule has 0 heterocycles. The Morgan fingerprint density at radius 3 is 2.57 bits per heavy atom. The standard InChI is InChI=1S/C15H16BClFNO2/c1-19(9-11-3-2-4-13(17)7-11)10-12-5-6-14(18)8-15(12)16(20)21/h2-8,20-21H,9-10H2,1H3. The van der Waals surface area contributed by atoms with Gasteiger partial charge in [0.15, 0.2) is 0 Å². The van der Waals surface area contributed by atoms with Gasteiger partial charge >= 0.3 is 7.12 Å². The Morgan fingerprint density at radius 2 is 1.90 bits per heavy atom. The van der Waals surface area contributed by atoms with E-state index in [1.165, 1.54) is 6.07 Å². The van der Waals surface area contributed by atoms with Crippen molar-refractivity contribution in [3.05, 3.63) is 64.4 Å². The molecular weight excluding hydrogens is 291 g/mol. The molecule has 0 saturated carbocycles. The van der Waals surface area contributed by atoms with Crippen LogP contribution in [0, 0.1) is 5.82 Å². The summed E-state index contributed by atoms with van der Waals surface area (Å²) in [6.45, 7) is 1.12. The molecule has 0 aliphatic rings. The minimum atomic E-state index is -1.68. The quantitative estimate of drug-likeness (QED) is 0.828. The Bertz CT molecular complexity index is 624. The van der Waals surface area contributed by atoms with Crippen LogP contribution in [0.5, 0.6) is 0 Å². The Hall–Kier alpha value is -1.40. The first-order valence-corrected chi connectivity index (χ1v) is 6.91. The molecule has 0 saturated heterocycles. The normalized spacial score (nSPS) is 11.0. The molecule has 0 bridgehead atoms. The molecule has 2 aromatic rings. The van der Waals surface area contributed by atoms with Gasteiger partial charge in [0.1, 0.15) is 5.82 Å². The number of hydrogen-bond acceptors (Lipinski definition) is 3. The molecule has 0 radical (unpaired) electrons. The summed E-state index contributed by atoms with van der Waals surface area (Å²) in [7, 11) is 0.216. The lowest BCUT2D eigenvalue weighted by atomic mass is 9.77. The minimum absolute atomic E-state index is 0.188. The third-order valence-electron chi connectivity index (χ3n) is 3.17. The van der Waals surface area contributed by atoms with E-state index in [4.69, 9.17) is 11.6 Å². The van der Waals surface area contributed by atoms with Crippen LogP contribution in [0.1, 0.15) is 11.1 Å². The monoisotopic (exact) mass is 307 g/mol. The number of benzene rings is 2. The summed E-state index contributed by atoms with van der Waals surface area (Å²) in [5, 5.41) is 19.3. The van der Waals surface area contributed by atoms with E-state index in [1.54, 1.807) is 6.07 Å². The first-order chi connectivity index (χ1) is 9.95.